The number of aliphatic hydroxyl groups excluding tert-OH is 2. The highest BCUT2D eigenvalue weighted by Gasteiger charge is 2.67. The molecule has 0 bridgehead atoms. The number of unbranched alkanes of at least 4 members (excludes halogenated alkanes) is 32. The number of amides is 6. The molecule has 2 aliphatic heterocycles. The van der Waals surface area contributed by atoms with E-state index in [-0.39, 0.29) is 44.8 Å². The zero-order valence-corrected chi connectivity index (χ0v) is 64.4. The molecule has 2 heterocycles. The van der Waals surface area contributed by atoms with Gasteiger partial charge in [-0.3, -0.25) is 42.9 Å². The van der Waals surface area contributed by atoms with Crippen molar-refractivity contribution in [1.29, 1.82) is 0 Å². The molecule has 0 aromatic carbocycles. The van der Waals surface area contributed by atoms with E-state index < -0.39 is 149 Å². The van der Waals surface area contributed by atoms with Crippen LogP contribution in [0.2, 0.25) is 0 Å². The summed E-state index contributed by atoms with van der Waals surface area (Å²) in [6, 6.07) is -3.69. The number of nitrogens with one attached hydrogen (secondary N) is 4. The highest BCUT2D eigenvalue weighted by Crippen LogP contribution is 2.57. The van der Waals surface area contributed by atoms with Gasteiger partial charge in [-0.15, -0.1) is 0 Å². The van der Waals surface area contributed by atoms with Gasteiger partial charge in [-0.25, -0.2) is 0 Å². The van der Waals surface area contributed by atoms with Crippen LogP contribution in [-0.2, 0) is 75.9 Å². The average molecular weight is 1480 g/mol. The van der Waals surface area contributed by atoms with Gasteiger partial charge in [0.25, 0.3) is 0 Å². The number of hydrogen-bond donors (Lipinski definition) is 9. The van der Waals surface area contributed by atoms with E-state index in [9.17, 15) is 68.0 Å². The molecule has 2 fully saturated rings. The Morgan fingerprint density at radius 2 is 0.842 bits per heavy atom. The van der Waals surface area contributed by atoms with Crippen LogP contribution in [0.25, 0.3) is 0 Å². The minimum Gasteiger partial charge on any atom is -0.456 e. The average Bonchev–Trinajstić information content (AvgIpc) is 0.738. The summed E-state index contributed by atoms with van der Waals surface area (Å²) in [5.74, 6) is -5.91. The number of likely N-dealkylation sites (N-methyl/N-ethyl adjacent to an activating group) is 2. The molecule has 9 N–H and O–H groups in total. The summed E-state index contributed by atoms with van der Waals surface area (Å²) in [6.07, 6.45) is 22.6. The van der Waals surface area contributed by atoms with Crippen molar-refractivity contribution in [2.24, 2.45) is 0 Å². The minimum atomic E-state index is -6.05. The Labute approximate surface area is 605 Å². The van der Waals surface area contributed by atoms with Crippen LogP contribution in [-0.4, -0.2) is 210 Å². The fourth-order valence-corrected chi connectivity index (χ4v) is 13.7. The first-order chi connectivity index (χ1) is 48.5. The van der Waals surface area contributed by atoms with Crippen molar-refractivity contribution in [3.05, 3.63) is 0 Å². The number of aliphatic hydroxyl groups is 3. The monoisotopic (exact) mass is 1480 g/mol. The number of ether oxygens (including phenoxy) is 6. The van der Waals surface area contributed by atoms with Crippen LogP contribution >= 0.6 is 17.1 Å². The number of carbonyl (C=O) groups is 8. The fourth-order valence-electron chi connectivity index (χ4n) is 12.5. The van der Waals surface area contributed by atoms with Crippen LogP contribution in [0, 0.1) is 0 Å². The SMILES string of the molecule is CCCCCCCCCCCC(=O)NCC(=O)O[C@H]1[C@H](O)[C@@H](CO[C@@H]2O[C@H](CO)[C@](O)(P(=O)(O)O)[C@H](OC(=O)CNC(=O)CCCCCCCCCCC)[C@@H]2NC(=O)CN(C)C(=O)CCCCCCCCCCC)O[C@H](OCCOP)[C@H]1NC(=O)CN(C)C(=O)CCCCCCCCCCC. The van der Waals surface area contributed by atoms with Crippen LogP contribution in [0.1, 0.15) is 285 Å². The molecule has 27 nitrogen and oxygen atoms in total. The lowest BCUT2D eigenvalue weighted by molar-refractivity contribution is -0.312. The first-order valence-corrected chi connectivity index (χ1v) is 40.5. The number of hydrogen-bond acceptors (Lipinski definition) is 19. The quantitative estimate of drug-likeness (QED) is 0.0156. The standard InChI is InChI=1S/C72H134N6O21P2/c1-7-11-15-19-23-27-31-35-39-43-57(80)73-49-63(86)98-68-65(75-59(82)51-77(5)61(84)45-41-37-33-29-25-21-17-13-9-3)70(93-47-48-95-100)96-55(67(68)88)54-94-71-66(76-60(83)52-78(6)62(85)46-42-38-34-30-26-22-18-14-10-4)69(72(89,101(90,91)92)56(53-79)97-71)99-64(87)50-74-58(81)44-40-36-32-28-24-20-16-12-8-2/h55-56,65-71,79,88-89H,7-54,100H2,1-6H3,(H,73,80)(H,74,81)(H,75,82)(H,76,83)(H2,90,91,92)/t55-,56-,65+,66+,67-,68-,69-,70+,71-,72+/m1/s1. The van der Waals surface area contributed by atoms with Gasteiger partial charge >= 0.3 is 19.5 Å². The molecule has 0 spiro atoms. The van der Waals surface area contributed by atoms with E-state index in [2.05, 4.69) is 58.4 Å². The maximum Gasteiger partial charge on any atom is 0.363 e. The van der Waals surface area contributed by atoms with Crippen molar-refractivity contribution < 1.29 is 101 Å². The third kappa shape index (κ3) is 39.3. The van der Waals surface area contributed by atoms with Gasteiger partial charge in [-0.1, -0.05) is 233 Å². The maximum atomic E-state index is 14.3. The summed E-state index contributed by atoms with van der Waals surface area (Å²) in [7, 11) is -1.18. The minimum absolute atomic E-state index is 0.0345. The van der Waals surface area contributed by atoms with Crippen molar-refractivity contribution in [1.82, 2.24) is 31.1 Å². The Hall–Kier alpha value is -3.98. The molecule has 6 amide bonds. The molecule has 101 heavy (non-hydrogen) atoms. The van der Waals surface area contributed by atoms with E-state index in [0.717, 1.165) is 159 Å². The molecule has 0 aromatic heterocycles. The number of rotatable bonds is 61. The van der Waals surface area contributed by atoms with Crippen molar-refractivity contribution in [2.75, 3.05) is 66.7 Å². The Morgan fingerprint density at radius 1 is 0.485 bits per heavy atom. The second kappa shape index (κ2) is 56.4. The van der Waals surface area contributed by atoms with Gasteiger partial charge in [0.15, 0.2) is 24.8 Å². The summed E-state index contributed by atoms with van der Waals surface area (Å²) in [6.45, 7) is 3.34. The molecule has 0 aromatic rings. The van der Waals surface area contributed by atoms with Gasteiger partial charge in [0.2, 0.25) is 40.8 Å². The largest absolute Gasteiger partial charge is 0.456 e. The molecular weight excluding hydrogens is 1350 g/mol. The highest BCUT2D eigenvalue weighted by molar-refractivity contribution is 7.53. The van der Waals surface area contributed by atoms with Gasteiger partial charge in [0, 0.05) is 49.2 Å². The zero-order valence-electron chi connectivity index (χ0n) is 62.3. The molecule has 11 atom stereocenters. The number of esters is 2. The second-order valence-electron chi connectivity index (χ2n) is 27.5. The predicted molar refractivity (Wildman–Crippen MR) is 387 cm³/mol. The van der Waals surface area contributed by atoms with Gasteiger partial charge in [-0.2, -0.15) is 0 Å². The molecule has 0 saturated carbocycles. The molecular formula is C72H134N6O21P2. The first kappa shape index (κ1) is 93.1. The van der Waals surface area contributed by atoms with E-state index in [4.69, 9.17) is 32.9 Å². The lowest BCUT2D eigenvalue weighted by atomic mass is 9.94. The Kier molecular flexibility index (Phi) is 52.0. The van der Waals surface area contributed by atoms with Gasteiger partial charge in [-0.05, 0) is 25.7 Å². The van der Waals surface area contributed by atoms with Crippen molar-refractivity contribution in [3.63, 3.8) is 0 Å². The van der Waals surface area contributed by atoms with Crippen molar-refractivity contribution >= 4 is 64.4 Å². The van der Waals surface area contributed by atoms with E-state index in [0.29, 0.717) is 25.7 Å². The third-order valence-electron chi connectivity index (χ3n) is 18.7. The lowest BCUT2D eigenvalue weighted by Crippen LogP contribution is -2.72. The first-order valence-electron chi connectivity index (χ1n) is 38.4. The third-order valence-corrected chi connectivity index (χ3v) is 20.4. The summed E-state index contributed by atoms with van der Waals surface area (Å²) in [4.78, 5) is 133. The van der Waals surface area contributed by atoms with E-state index in [1.165, 1.54) is 70.4 Å². The van der Waals surface area contributed by atoms with Crippen LogP contribution in [0.5, 0.6) is 0 Å². The summed E-state index contributed by atoms with van der Waals surface area (Å²) >= 11 is 0. The normalized spacial score (nSPS) is 21.3. The number of carbonyl (C=O) groups excluding carboxylic acids is 8. The van der Waals surface area contributed by atoms with E-state index >= 15 is 0 Å². The van der Waals surface area contributed by atoms with E-state index in [1.807, 2.05) is 0 Å². The summed E-state index contributed by atoms with van der Waals surface area (Å²) in [5.41, 5.74) is 0. The maximum absolute atomic E-state index is 14.3. The molecule has 2 saturated heterocycles. The highest BCUT2D eigenvalue weighted by atomic mass is 31.2. The van der Waals surface area contributed by atoms with Crippen LogP contribution in [0.4, 0.5) is 0 Å². The van der Waals surface area contributed by atoms with Crippen LogP contribution in [0.3, 0.4) is 0 Å². The Morgan fingerprint density at radius 3 is 1.22 bits per heavy atom. The number of nitrogens with zero attached hydrogens (tertiary/aromatic N) is 2. The molecule has 588 valence electrons. The topological polar surface area (TPSA) is 374 Å². The smallest absolute Gasteiger partial charge is 0.363 e. The van der Waals surface area contributed by atoms with Gasteiger partial charge in [0.1, 0.15) is 43.5 Å². The van der Waals surface area contributed by atoms with Crippen molar-refractivity contribution in [3.8, 4) is 0 Å². The molecule has 2 rings (SSSR count). The molecule has 2 aliphatic rings. The molecule has 0 radical (unpaired) electrons. The molecule has 0 aliphatic carbocycles. The fraction of sp³-hybridized carbons (Fsp3) is 0.889. The summed E-state index contributed by atoms with van der Waals surface area (Å²) in [5, 5.41) is 41.9. The summed E-state index contributed by atoms with van der Waals surface area (Å²) < 4.78 is 54.9. The second-order valence-corrected chi connectivity index (χ2v) is 29.7. The zero-order chi connectivity index (χ0) is 74.7. The lowest BCUT2D eigenvalue weighted by Gasteiger charge is -2.50. The predicted octanol–water partition coefficient (Wildman–Crippen LogP) is 9.12. The van der Waals surface area contributed by atoms with Crippen LogP contribution in [0.15, 0.2) is 0 Å². The molecule has 29 heteroatoms. The Balaban J connectivity index is 2.58. The van der Waals surface area contributed by atoms with Gasteiger partial charge < -0.3 is 89.1 Å². The van der Waals surface area contributed by atoms with Crippen LogP contribution < -0.4 is 21.3 Å². The molecule has 1 unspecified atom stereocenters. The Bertz CT molecular complexity index is 2350. The van der Waals surface area contributed by atoms with E-state index in [1.54, 1.807) is 0 Å². The van der Waals surface area contributed by atoms with Crippen molar-refractivity contribution in [2.45, 2.75) is 345 Å². The van der Waals surface area contributed by atoms with Gasteiger partial charge in [0.05, 0.1) is 39.5 Å².